The Labute approximate surface area is 142 Å². The van der Waals surface area contributed by atoms with Crippen molar-refractivity contribution in [2.75, 3.05) is 0 Å². The molecule has 2 N–H and O–H groups in total. The number of carbonyl (C=O) groups excluding carboxylic acids is 1. The first kappa shape index (κ1) is 17.2. The number of nitrogens with zero attached hydrogens (tertiary/aromatic N) is 2. The van der Waals surface area contributed by atoms with Gasteiger partial charge in [0.1, 0.15) is 6.04 Å². The molecule has 0 bridgehead atoms. The Morgan fingerprint density at radius 3 is 2.39 bits per heavy atom. The number of nitrogens with one attached hydrogen (secondary N) is 1. The predicted octanol–water partition coefficient (Wildman–Crippen LogP) is 2.78. The van der Waals surface area contributed by atoms with Crippen LogP contribution in [0.15, 0.2) is 34.9 Å². The van der Waals surface area contributed by atoms with Gasteiger partial charge < -0.3 is 10.4 Å². The second-order valence-corrected chi connectivity index (χ2v) is 6.48. The number of rotatable bonds is 5. The van der Waals surface area contributed by atoms with Crippen molar-refractivity contribution in [2.24, 2.45) is 5.92 Å². The van der Waals surface area contributed by atoms with Crippen LogP contribution < -0.4 is 5.32 Å². The molecule has 0 unspecified atom stereocenters. The summed E-state index contributed by atoms with van der Waals surface area (Å²) in [4.78, 5) is 23.6. The second-order valence-electron chi connectivity index (χ2n) is 5.57. The van der Waals surface area contributed by atoms with E-state index in [1.54, 1.807) is 25.5 Å². The number of halogens is 1. The number of aromatic nitrogens is 2. The number of carboxylic acids is 1. The number of carbonyl (C=O) groups is 2. The highest BCUT2D eigenvalue weighted by Crippen LogP contribution is 2.17. The van der Waals surface area contributed by atoms with Gasteiger partial charge in [-0.2, -0.15) is 5.10 Å². The summed E-state index contributed by atoms with van der Waals surface area (Å²) < 4.78 is 2.59. The highest BCUT2D eigenvalue weighted by molar-refractivity contribution is 9.10. The van der Waals surface area contributed by atoms with Crippen LogP contribution in [0.1, 0.15) is 29.9 Å². The average molecular weight is 380 g/mol. The van der Waals surface area contributed by atoms with Gasteiger partial charge in [-0.15, -0.1) is 0 Å². The molecule has 1 aromatic heterocycles. The Bertz CT molecular complexity index is 723. The van der Waals surface area contributed by atoms with Crippen LogP contribution in [0.3, 0.4) is 0 Å². The zero-order valence-electron chi connectivity index (χ0n) is 13.1. The third kappa shape index (κ3) is 3.79. The van der Waals surface area contributed by atoms with E-state index in [0.717, 1.165) is 10.2 Å². The lowest BCUT2D eigenvalue weighted by atomic mass is 10.0. The molecule has 0 saturated carbocycles. The molecule has 0 aliphatic carbocycles. The molecule has 1 atom stereocenters. The maximum absolute atomic E-state index is 12.3. The van der Waals surface area contributed by atoms with Crippen LogP contribution in [0.4, 0.5) is 0 Å². The van der Waals surface area contributed by atoms with Gasteiger partial charge in [-0.25, -0.2) is 9.48 Å². The molecule has 1 aromatic carbocycles. The normalized spacial score (nSPS) is 12.2. The SMILES string of the molecule is Cc1c(C(=O)N[C@@H](C(=O)O)C(C)C)cnn1-c1ccc(Br)cc1. The van der Waals surface area contributed by atoms with Crippen molar-refractivity contribution in [1.29, 1.82) is 0 Å². The van der Waals surface area contributed by atoms with Crippen LogP contribution in [0, 0.1) is 12.8 Å². The van der Waals surface area contributed by atoms with E-state index in [-0.39, 0.29) is 5.92 Å². The molecule has 1 heterocycles. The van der Waals surface area contributed by atoms with E-state index in [2.05, 4.69) is 26.3 Å². The third-order valence-electron chi connectivity index (χ3n) is 3.54. The number of hydrogen-bond acceptors (Lipinski definition) is 3. The van der Waals surface area contributed by atoms with Crippen LogP contribution in [-0.2, 0) is 4.79 Å². The van der Waals surface area contributed by atoms with Crippen LogP contribution in [0.2, 0.25) is 0 Å². The monoisotopic (exact) mass is 379 g/mol. The molecule has 0 saturated heterocycles. The molecule has 0 radical (unpaired) electrons. The highest BCUT2D eigenvalue weighted by Gasteiger charge is 2.25. The maximum atomic E-state index is 12.3. The maximum Gasteiger partial charge on any atom is 0.326 e. The minimum Gasteiger partial charge on any atom is -0.480 e. The number of benzene rings is 1. The Hall–Kier alpha value is -2.15. The summed E-state index contributed by atoms with van der Waals surface area (Å²) in [5.74, 6) is -1.70. The van der Waals surface area contributed by atoms with Crippen LogP contribution in [-0.4, -0.2) is 32.8 Å². The minimum atomic E-state index is -1.05. The quantitative estimate of drug-likeness (QED) is 0.836. The zero-order chi connectivity index (χ0) is 17.1. The standard InChI is InChI=1S/C16H18BrN3O3/c1-9(2)14(16(22)23)19-15(21)13-8-18-20(10(13)3)12-6-4-11(17)5-7-12/h4-9,14H,1-3H3,(H,19,21)(H,22,23)/t14-/m1/s1. The molecule has 6 nitrogen and oxygen atoms in total. The third-order valence-corrected chi connectivity index (χ3v) is 4.07. The lowest BCUT2D eigenvalue weighted by molar-refractivity contribution is -0.140. The van der Waals surface area contributed by atoms with E-state index in [4.69, 9.17) is 0 Å². The molecule has 122 valence electrons. The first-order valence-electron chi connectivity index (χ1n) is 7.15. The van der Waals surface area contributed by atoms with Crippen LogP contribution in [0.5, 0.6) is 0 Å². The van der Waals surface area contributed by atoms with E-state index >= 15 is 0 Å². The van der Waals surface area contributed by atoms with Crippen LogP contribution >= 0.6 is 15.9 Å². The van der Waals surface area contributed by atoms with Crippen molar-refractivity contribution in [2.45, 2.75) is 26.8 Å². The summed E-state index contributed by atoms with van der Waals surface area (Å²) in [7, 11) is 0. The topological polar surface area (TPSA) is 84.2 Å². The fourth-order valence-electron chi connectivity index (χ4n) is 2.21. The molecule has 0 aliphatic rings. The Balaban J connectivity index is 2.26. The summed E-state index contributed by atoms with van der Waals surface area (Å²) >= 11 is 3.37. The van der Waals surface area contributed by atoms with Gasteiger partial charge in [0.15, 0.2) is 0 Å². The molecule has 2 rings (SSSR count). The first-order chi connectivity index (χ1) is 10.8. The van der Waals surface area contributed by atoms with Gasteiger partial charge in [0.2, 0.25) is 0 Å². The summed E-state index contributed by atoms with van der Waals surface area (Å²) in [6.45, 7) is 5.27. The molecular formula is C16H18BrN3O3. The summed E-state index contributed by atoms with van der Waals surface area (Å²) in [5, 5.41) is 16.0. The van der Waals surface area contributed by atoms with Crippen molar-refractivity contribution in [3.63, 3.8) is 0 Å². The summed E-state index contributed by atoms with van der Waals surface area (Å²) in [6, 6.07) is 6.59. The van der Waals surface area contributed by atoms with E-state index in [1.165, 1.54) is 6.20 Å². The largest absolute Gasteiger partial charge is 0.480 e. The van der Waals surface area contributed by atoms with Gasteiger partial charge in [0.25, 0.3) is 5.91 Å². The second kappa shape index (κ2) is 6.95. The van der Waals surface area contributed by atoms with Crippen LogP contribution in [0.25, 0.3) is 5.69 Å². The van der Waals surface area contributed by atoms with E-state index in [0.29, 0.717) is 11.3 Å². The molecular weight excluding hydrogens is 362 g/mol. The average Bonchev–Trinajstić information content (AvgIpc) is 2.86. The van der Waals surface area contributed by atoms with Crippen molar-refractivity contribution in [3.8, 4) is 5.69 Å². The fourth-order valence-corrected chi connectivity index (χ4v) is 2.47. The fraction of sp³-hybridized carbons (Fsp3) is 0.312. The lowest BCUT2D eigenvalue weighted by Gasteiger charge is -2.17. The van der Waals surface area contributed by atoms with E-state index in [1.807, 2.05) is 24.3 Å². The van der Waals surface area contributed by atoms with Crippen molar-refractivity contribution in [3.05, 3.63) is 46.2 Å². The molecule has 23 heavy (non-hydrogen) atoms. The Kier molecular flexibility index (Phi) is 5.20. The van der Waals surface area contributed by atoms with Gasteiger partial charge in [0.05, 0.1) is 23.1 Å². The highest BCUT2D eigenvalue weighted by atomic mass is 79.9. The van der Waals surface area contributed by atoms with Gasteiger partial charge in [-0.3, -0.25) is 4.79 Å². The molecule has 0 fully saturated rings. The van der Waals surface area contributed by atoms with Gasteiger partial charge >= 0.3 is 5.97 Å². The number of hydrogen-bond donors (Lipinski definition) is 2. The molecule has 0 spiro atoms. The molecule has 2 aromatic rings. The molecule has 1 amide bonds. The van der Waals surface area contributed by atoms with Gasteiger partial charge in [-0.05, 0) is 37.1 Å². The lowest BCUT2D eigenvalue weighted by Crippen LogP contribution is -2.44. The minimum absolute atomic E-state index is 0.210. The number of aliphatic carboxylic acids is 1. The Morgan fingerprint density at radius 2 is 1.87 bits per heavy atom. The Morgan fingerprint density at radius 1 is 1.26 bits per heavy atom. The first-order valence-corrected chi connectivity index (χ1v) is 7.94. The van der Waals surface area contributed by atoms with Crippen molar-refractivity contribution in [1.82, 2.24) is 15.1 Å². The summed E-state index contributed by atoms with van der Waals surface area (Å²) in [6.07, 6.45) is 1.45. The van der Waals surface area contributed by atoms with E-state index in [9.17, 15) is 14.7 Å². The van der Waals surface area contributed by atoms with Gasteiger partial charge in [0, 0.05) is 4.47 Å². The van der Waals surface area contributed by atoms with Gasteiger partial charge in [-0.1, -0.05) is 29.8 Å². The van der Waals surface area contributed by atoms with Crippen molar-refractivity contribution < 1.29 is 14.7 Å². The number of carboxylic acid groups (broad SMARTS) is 1. The number of amides is 1. The van der Waals surface area contributed by atoms with Crippen molar-refractivity contribution >= 4 is 27.8 Å². The smallest absolute Gasteiger partial charge is 0.326 e. The molecule has 0 aliphatic heterocycles. The zero-order valence-corrected chi connectivity index (χ0v) is 14.7. The van der Waals surface area contributed by atoms with E-state index < -0.39 is 17.9 Å². The molecule has 7 heteroatoms. The predicted molar refractivity (Wildman–Crippen MR) is 89.7 cm³/mol. The summed E-state index contributed by atoms with van der Waals surface area (Å²) in [5.41, 5.74) is 1.83.